The standard InChI is InChI=1S/C18H13ClN4OS/c1-11-18(21-15-9-5-4-8-14(15)20-11)25-10-16-22-23-17(24-16)12-6-2-3-7-13(12)19/h2-9H,10H2,1H3. The molecular weight excluding hydrogens is 356 g/mol. The quantitative estimate of drug-likeness (QED) is 0.475. The van der Waals surface area contributed by atoms with Crippen LogP contribution in [0.5, 0.6) is 0 Å². The number of hydrogen-bond acceptors (Lipinski definition) is 6. The predicted octanol–water partition coefficient (Wildman–Crippen LogP) is 4.93. The number of fused-ring (bicyclic) bond motifs is 1. The van der Waals surface area contributed by atoms with Crippen LogP contribution < -0.4 is 0 Å². The first-order chi connectivity index (χ1) is 12.2. The van der Waals surface area contributed by atoms with Gasteiger partial charge in [-0.1, -0.05) is 47.6 Å². The number of hydrogen-bond donors (Lipinski definition) is 0. The Bertz CT molecular complexity index is 1050. The Morgan fingerprint density at radius 3 is 2.48 bits per heavy atom. The van der Waals surface area contributed by atoms with Gasteiger partial charge in [-0.15, -0.1) is 10.2 Å². The molecule has 0 saturated carbocycles. The lowest BCUT2D eigenvalue weighted by Gasteiger charge is -2.04. The summed E-state index contributed by atoms with van der Waals surface area (Å²) in [7, 11) is 0. The third-order valence-corrected chi connectivity index (χ3v) is 4.99. The molecule has 124 valence electrons. The fourth-order valence-electron chi connectivity index (χ4n) is 2.39. The van der Waals surface area contributed by atoms with Crippen LogP contribution in [0.4, 0.5) is 0 Å². The Kier molecular flexibility index (Phi) is 4.38. The van der Waals surface area contributed by atoms with Gasteiger partial charge in [0.05, 0.1) is 33.1 Å². The van der Waals surface area contributed by atoms with Gasteiger partial charge in [-0.3, -0.25) is 0 Å². The van der Waals surface area contributed by atoms with Crippen molar-refractivity contribution < 1.29 is 4.42 Å². The second-order valence-electron chi connectivity index (χ2n) is 5.37. The minimum absolute atomic E-state index is 0.419. The van der Waals surface area contributed by atoms with E-state index in [1.165, 1.54) is 11.8 Å². The van der Waals surface area contributed by atoms with Gasteiger partial charge in [0, 0.05) is 0 Å². The summed E-state index contributed by atoms with van der Waals surface area (Å²) >= 11 is 7.69. The summed E-state index contributed by atoms with van der Waals surface area (Å²) in [5, 5.41) is 9.62. The molecule has 2 heterocycles. The zero-order chi connectivity index (χ0) is 17.2. The van der Waals surface area contributed by atoms with Crippen LogP contribution in [0.25, 0.3) is 22.5 Å². The maximum absolute atomic E-state index is 6.17. The first kappa shape index (κ1) is 16.1. The molecular formula is C18H13ClN4OS. The normalized spacial score (nSPS) is 11.1. The highest BCUT2D eigenvalue weighted by Gasteiger charge is 2.13. The van der Waals surface area contributed by atoms with Crippen molar-refractivity contribution in [3.8, 4) is 11.5 Å². The number of thioether (sulfide) groups is 1. The molecule has 0 aliphatic carbocycles. The fourth-order valence-corrected chi connectivity index (χ4v) is 3.41. The van der Waals surface area contributed by atoms with E-state index in [4.69, 9.17) is 16.0 Å². The van der Waals surface area contributed by atoms with E-state index in [2.05, 4.69) is 20.2 Å². The van der Waals surface area contributed by atoms with E-state index in [9.17, 15) is 0 Å². The summed E-state index contributed by atoms with van der Waals surface area (Å²) in [5.41, 5.74) is 3.38. The van der Waals surface area contributed by atoms with E-state index in [1.54, 1.807) is 6.07 Å². The van der Waals surface area contributed by atoms with Crippen molar-refractivity contribution in [1.82, 2.24) is 20.2 Å². The number of halogens is 1. The highest BCUT2D eigenvalue weighted by Crippen LogP contribution is 2.29. The summed E-state index contributed by atoms with van der Waals surface area (Å²) in [6.45, 7) is 1.95. The maximum atomic E-state index is 6.17. The van der Waals surface area contributed by atoms with E-state index < -0.39 is 0 Å². The summed E-state index contributed by atoms with van der Waals surface area (Å²) in [5.74, 6) is 1.46. The Morgan fingerprint density at radius 1 is 0.960 bits per heavy atom. The second-order valence-corrected chi connectivity index (χ2v) is 6.74. The lowest BCUT2D eigenvalue weighted by molar-refractivity contribution is 0.528. The average molecular weight is 369 g/mol. The molecule has 25 heavy (non-hydrogen) atoms. The van der Waals surface area contributed by atoms with Gasteiger partial charge in [0.1, 0.15) is 5.03 Å². The SMILES string of the molecule is Cc1nc2ccccc2nc1SCc1nnc(-c2ccccc2Cl)o1. The van der Waals surface area contributed by atoms with Crippen molar-refractivity contribution in [1.29, 1.82) is 0 Å². The molecule has 0 spiro atoms. The summed E-state index contributed by atoms with van der Waals surface area (Å²) in [4.78, 5) is 9.24. The molecule has 0 radical (unpaired) electrons. The predicted molar refractivity (Wildman–Crippen MR) is 98.6 cm³/mol. The lowest BCUT2D eigenvalue weighted by atomic mass is 10.2. The molecule has 0 aliphatic heterocycles. The summed E-state index contributed by atoms with van der Waals surface area (Å²) in [6.07, 6.45) is 0. The maximum Gasteiger partial charge on any atom is 0.249 e. The number of benzene rings is 2. The molecule has 7 heteroatoms. The molecule has 0 unspecified atom stereocenters. The molecule has 0 atom stereocenters. The molecule has 0 saturated heterocycles. The monoisotopic (exact) mass is 368 g/mol. The minimum Gasteiger partial charge on any atom is -0.420 e. The molecule has 4 aromatic rings. The van der Waals surface area contributed by atoms with Crippen molar-refractivity contribution in [3.05, 3.63) is 65.1 Å². The van der Waals surface area contributed by atoms with Gasteiger partial charge in [0.2, 0.25) is 11.8 Å². The third kappa shape index (κ3) is 3.36. The first-order valence-corrected chi connectivity index (χ1v) is 9.00. The largest absolute Gasteiger partial charge is 0.420 e. The van der Waals surface area contributed by atoms with Crippen molar-refractivity contribution in [2.24, 2.45) is 0 Å². The lowest BCUT2D eigenvalue weighted by Crippen LogP contribution is -1.93. The third-order valence-electron chi connectivity index (χ3n) is 3.60. The van der Waals surface area contributed by atoms with Gasteiger partial charge in [-0.25, -0.2) is 9.97 Å². The molecule has 0 aliphatic rings. The van der Waals surface area contributed by atoms with Crippen LogP contribution in [0.3, 0.4) is 0 Å². The minimum atomic E-state index is 0.419. The topological polar surface area (TPSA) is 64.7 Å². The molecule has 0 bridgehead atoms. The van der Waals surface area contributed by atoms with Crippen LogP contribution in [0, 0.1) is 6.92 Å². The molecule has 2 aromatic carbocycles. The van der Waals surface area contributed by atoms with Crippen LogP contribution in [-0.2, 0) is 5.75 Å². The molecule has 5 nitrogen and oxygen atoms in total. The highest BCUT2D eigenvalue weighted by atomic mass is 35.5. The molecule has 0 fully saturated rings. The Labute approximate surface area is 153 Å². The van der Waals surface area contributed by atoms with Crippen LogP contribution >= 0.6 is 23.4 Å². The van der Waals surface area contributed by atoms with Crippen molar-refractivity contribution >= 4 is 34.4 Å². The van der Waals surface area contributed by atoms with Crippen LogP contribution in [0.2, 0.25) is 5.02 Å². The van der Waals surface area contributed by atoms with Gasteiger partial charge in [0.15, 0.2) is 0 Å². The number of aryl methyl sites for hydroxylation is 1. The molecule has 0 N–H and O–H groups in total. The zero-order valence-corrected chi connectivity index (χ0v) is 14.9. The molecule has 4 rings (SSSR count). The van der Waals surface area contributed by atoms with E-state index in [0.717, 1.165) is 27.3 Å². The fraction of sp³-hybridized carbons (Fsp3) is 0.111. The van der Waals surface area contributed by atoms with Crippen molar-refractivity contribution in [2.75, 3.05) is 0 Å². The van der Waals surface area contributed by atoms with E-state index >= 15 is 0 Å². The van der Waals surface area contributed by atoms with E-state index in [-0.39, 0.29) is 0 Å². The Hall–Kier alpha value is -2.44. The van der Waals surface area contributed by atoms with Gasteiger partial charge in [0.25, 0.3) is 0 Å². The smallest absolute Gasteiger partial charge is 0.249 e. The number of para-hydroxylation sites is 2. The van der Waals surface area contributed by atoms with Crippen molar-refractivity contribution in [2.45, 2.75) is 17.7 Å². The first-order valence-electron chi connectivity index (χ1n) is 7.64. The molecule has 0 amide bonds. The van der Waals surface area contributed by atoms with Gasteiger partial charge >= 0.3 is 0 Å². The van der Waals surface area contributed by atoms with Crippen LogP contribution in [0.1, 0.15) is 11.6 Å². The average Bonchev–Trinajstić information content (AvgIpc) is 3.09. The Morgan fingerprint density at radius 2 is 1.68 bits per heavy atom. The Balaban J connectivity index is 1.54. The van der Waals surface area contributed by atoms with Gasteiger partial charge in [-0.2, -0.15) is 0 Å². The molecule has 2 aromatic heterocycles. The number of aromatic nitrogens is 4. The van der Waals surface area contributed by atoms with Crippen LogP contribution in [-0.4, -0.2) is 20.2 Å². The van der Waals surface area contributed by atoms with Gasteiger partial charge in [-0.05, 0) is 31.2 Å². The van der Waals surface area contributed by atoms with Gasteiger partial charge < -0.3 is 4.42 Å². The van der Waals surface area contributed by atoms with Crippen molar-refractivity contribution in [3.63, 3.8) is 0 Å². The second kappa shape index (κ2) is 6.82. The highest BCUT2D eigenvalue weighted by molar-refractivity contribution is 7.98. The number of rotatable bonds is 4. The van der Waals surface area contributed by atoms with Crippen LogP contribution in [0.15, 0.2) is 58.0 Å². The zero-order valence-electron chi connectivity index (χ0n) is 13.3. The summed E-state index contributed by atoms with van der Waals surface area (Å²) < 4.78 is 5.72. The number of nitrogens with zero attached hydrogens (tertiary/aromatic N) is 4. The van der Waals surface area contributed by atoms with E-state index in [0.29, 0.717) is 22.6 Å². The summed E-state index contributed by atoms with van der Waals surface area (Å²) in [6, 6.07) is 15.2. The van der Waals surface area contributed by atoms with E-state index in [1.807, 2.05) is 49.4 Å².